The minimum atomic E-state index is -0.428. The zero-order valence-electron chi connectivity index (χ0n) is 25.4. The summed E-state index contributed by atoms with van der Waals surface area (Å²) in [7, 11) is 0. The lowest BCUT2D eigenvalue weighted by Gasteiger charge is -2.36. The molecule has 3 heteroatoms. The van der Waals surface area contributed by atoms with Crippen LogP contribution in [0.2, 0.25) is 0 Å². The van der Waals surface area contributed by atoms with E-state index in [0.717, 1.165) is 30.6 Å². The van der Waals surface area contributed by atoms with Crippen molar-refractivity contribution in [3.05, 3.63) is 0 Å². The highest BCUT2D eigenvalue weighted by Crippen LogP contribution is 2.41. The van der Waals surface area contributed by atoms with Gasteiger partial charge in [0, 0.05) is 11.5 Å². The van der Waals surface area contributed by atoms with Crippen molar-refractivity contribution < 1.29 is 5.11 Å². The van der Waals surface area contributed by atoms with E-state index in [1.54, 1.807) is 5.71 Å². The summed E-state index contributed by atoms with van der Waals surface area (Å²) in [6.45, 7) is 9.59. The SMILES string of the molecule is CCCC1CSN=C2C(CCCC3(C)CCCCCC(C)(O)CCCCC3)CCCCCCC(C1)C2C. The van der Waals surface area contributed by atoms with Gasteiger partial charge < -0.3 is 5.11 Å². The highest BCUT2D eigenvalue weighted by molar-refractivity contribution is 7.98. The van der Waals surface area contributed by atoms with Crippen LogP contribution in [0.4, 0.5) is 0 Å². The van der Waals surface area contributed by atoms with Gasteiger partial charge in [0.2, 0.25) is 0 Å². The number of hydrogen-bond acceptors (Lipinski definition) is 3. The molecule has 0 saturated heterocycles. The van der Waals surface area contributed by atoms with Crippen molar-refractivity contribution in [3.8, 4) is 0 Å². The van der Waals surface area contributed by atoms with Gasteiger partial charge in [0.05, 0.1) is 5.60 Å². The van der Waals surface area contributed by atoms with Crippen molar-refractivity contribution in [1.29, 1.82) is 0 Å². The first-order valence-corrected chi connectivity index (χ1v) is 17.7. The minimum absolute atomic E-state index is 0.428. The standard InChI is InChI=1S/C34H63NOS/c1-5-17-29-26-31-19-11-7-6-10-18-30(32(28(31)2)35-37-27-29)20-16-23-33(3)21-12-8-14-24-34(4,36)25-15-9-13-22-33/h28-31,36H,5-27H2,1-4H3. The average molecular weight is 534 g/mol. The summed E-state index contributed by atoms with van der Waals surface area (Å²) in [5.74, 6) is 4.40. The molecule has 2 aliphatic carbocycles. The van der Waals surface area contributed by atoms with E-state index in [9.17, 15) is 5.11 Å². The fourth-order valence-corrected chi connectivity index (χ4v) is 9.05. The molecule has 37 heavy (non-hydrogen) atoms. The Morgan fingerprint density at radius 1 is 0.838 bits per heavy atom. The number of rotatable bonds is 6. The summed E-state index contributed by atoms with van der Waals surface area (Å²) in [5, 5.41) is 10.6. The largest absolute Gasteiger partial charge is 0.390 e. The molecule has 216 valence electrons. The van der Waals surface area contributed by atoms with Gasteiger partial charge in [-0.1, -0.05) is 97.8 Å². The van der Waals surface area contributed by atoms with Crippen LogP contribution in [-0.4, -0.2) is 22.2 Å². The molecule has 2 fully saturated rings. The quantitative estimate of drug-likeness (QED) is 0.344. The van der Waals surface area contributed by atoms with E-state index < -0.39 is 5.60 Å². The number of nitrogens with zero attached hydrogens (tertiary/aromatic N) is 1. The molecule has 3 aliphatic rings. The van der Waals surface area contributed by atoms with Crippen LogP contribution in [0.1, 0.15) is 169 Å². The minimum Gasteiger partial charge on any atom is -0.390 e. The van der Waals surface area contributed by atoms with Gasteiger partial charge in [-0.2, -0.15) is 0 Å². The lowest BCUT2D eigenvalue weighted by atomic mass is 9.72. The van der Waals surface area contributed by atoms with Crippen molar-refractivity contribution in [1.82, 2.24) is 0 Å². The maximum Gasteiger partial charge on any atom is 0.0619 e. The maximum absolute atomic E-state index is 10.6. The molecule has 1 aliphatic heterocycles. The van der Waals surface area contributed by atoms with E-state index in [2.05, 4.69) is 27.7 Å². The van der Waals surface area contributed by atoms with Crippen LogP contribution in [0.25, 0.3) is 0 Å². The first kappa shape index (κ1) is 31.5. The van der Waals surface area contributed by atoms with Crippen LogP contribution >= 0.6 is 11.9 Å². The third kappa shape index (κ3) is 11.2. The molecule has 0 spiro atoms. The van der Waals surface area contributed by atoms with Gasteiger partial charge >= 0.3 is 0 Å². The van der Waals surface area contributed by atoms with E-state index in [4.69, 9.17) is 4.40 Å². The first-order valence-electron chi connectivity index (χ1n) is 16.7. The van der Waals surface area contributed by atoms with Gasteiger partial charge in [0.1, 0.15) is 0 Å². The second kappa shape index (κ2) is 16.3. The van der Waals surface area contributed by atoms with E-state index in [-0.39, 0.29) is 0 Å². The summed E-state index contributed by atoms with van der Waals surface area (Å²) >= 11 is 1.93. The fourth-order valence-electron chi connectivity index (χ4n) is 8.00. The van der Waals surface area contributed by atoms with Gasteiger partial charge in [-0.3, -0.25) is 0 Å². The number of hydrogen-bond donors (Lipinski definition) is 1. The van der Waals surface area contributed by atoms with Crippen molar-refractivity contribution in [2.24, 2.45) is 33.5 Å². The van der Waals surface area contributed by atoms with E-state index in [1.807, 2.05) is 11.9 Å². The van der Waals surface area contributed by atoms with E-state index in [0.29, 0.717) is 11.3 Å². The zero-order valence-corrected chi connectivity index (χ0v) is 26.2. The molecule has 2 bridgehead atoms. The number of aliphatic hydroxyl groups is 1. The molecule has 0 amide bonds. The van der Waals surface area contributed by atoms with Crippen LogP contribution in [0, 0.1) is 29.1 Å². The zero-order chi connectivity index (χ0) is 26.6. The molecule has 0 radical (unpaired) electrons. The summed E-state index contributed by atoms with van der Waals surface area (Å²) in [4.78, 5) is 0. The van der Waals surface area contributed by atoms with E-state index >= 15 is 0 Å². The molecule has 0 aromatic heterocycles. The Balaban J connectivity index is 1.60. The van der Waals surface area contributed by atoms with Gasteiger partial charge in [-0.15, -0.1) is 0 Å². The van der Waals surface area contributed by atoms with Crippen molar-refractivity contribution in [2.75, 3.05) is 5.75 Å². The third-order valence-electron chi connectivity index (χ3n) is 10.6. The van der Waals surface area contributed by atoms with Gasteiger partial charge in [0.25, 0.3) is 0 Å². The first-order chi connectivity index (χ1) is 17.8. The van der Waals surface area contributed by atoms with Crippen LogP contribution in [0.3, 0.4) is 0 Å². The highest BCUT2D eigenvalue weighted by Gasteiger charge is 2.32. The summed E-state index contributed by atoms with van der Waals surface area (Å²) in [6.07, 6.45) is 29.3. The highest BCUT2D eigenvalue weighted by atomic mass is 32.2. The molecule has 0 aromatic rings. The third-order valence-corrected chi connectivity index (χ3v) is 11.6. The molecule has 1 heterocycles. The topological polar surface area (TPSA) is 32.6 Å². The summed E-state index contributed by atoms with van der Waals surface area (Å²) in [5.41, 5.74) is 1.70. The molecular weight excluding hydrogens is 470 g/mol. The number of fused-ring (bicyclic) bond motifs is 2. The molecule has 2 nitrogen and oxygen atoms in total. The molecular formula is C34H63NOS. The summed E-state index contributed by atoms with van der Waals surface area (Å²) < 4.78 is 5.35. The molecule has 4 atom stereocenters. The van der Waals surface area contributed by atoms with Crippen LogP contribution in [0.5, 0.6) is 0 Å². The van der Waals surface area contributed by atoms with Crippen molar-refractivity contribution >= 4 is 17.7 Å². The van der Waals surface area contributed by atoms with Gasteiger partial charge in [-0.25, -0.2) is 4.40 Å². The Bertz CT molecular complexity index is 642. The monoisotopic (exact) mass is 533 g/mol. The summed E-state index contributed by atoms with van der Waals surface area (Å²) in [6, 6.07) is 0. The molecule has 1 N–H and O–H groups in total. The predicted molar refractivity (Wildman–Crippen MR) is 166 cm³/mol. The lowest BCUT2D eigenvalue weighted by molar-refractivity contribution is 0.0353. The van der Waals surface area contributed by atoms with Crippen LogP contribution in [-0.2, 0) is 0 Å². The van der Waals surface area contributed by atoms with Gasteiger partial charge in [0.15, 0.2) is 0 Å². The Morgan fingerprint density at radius 3 is 2.14 bits per heavy atom. The Morgan fingerprint density at radius 2 is 1.46 bits per heavy atom. The molecule has 2 saturated carbocycles. The predicted octanol–water partition coefficient (Wildman–Crippen LogP) is 11.0. The molecule has 4 unspecified atom stereocenters. The van der Waals surface area contributed by atoms with Crippen molar-refractivity contribution in [3.63, 3.8) is 0 Å². The van der Waals surface area contributed by atoms with Crippen LogP contribution < -0.4 is 0 Å². The maximum atomic E-state index is 10.6. The molecule has 0 aromatic carbocycles. The van der Waals surface area contributed by atoms with E-state index in [1.165, 1.54) is 134 Å². The Hall–Kier alpha value is -0.0200. The smallest absolute Gasteiger partial charge is 0.0619 e. The second-order valence-electron chi connectivity index (χ2n) is 14.3. The van der Waals surface area contributed by atoms with Crippen molar-refractivity contribution in [2.45, 2.75) is 175 Å². The van der Waals surface area contributed by atoms with Gasteiger partial charge in [-0.05, 0) is 112 Å². The normalized spacial score (nSPS) is 37.8. The fraction of sp³-hybridized carbons (Fsp3) is 0.971. The lowest BCUT2D eigenvalue weighted by Crippen LogP contribution is -2.31. The molecule has 3 rings (SSSR count). The Kier molecular flexibility index (Phi) is 13.9. The average Bonchev–Trinajstić information content (AvgIpc) is 2.84. The Labute approximate surface area is 236 Å². The van der Waals surface area contributed by atoms with Crippen LogP contribution in [0.15, 0.2) is 4.40 Å². The second-order valence-corrected chi connectivity index (χ2v) is 15.0.